The van der Waals surface area contributed by atoms with Crippen molar-refractivity contribution < 1.29 is 9.90 Å². The molecule has 0 fully saturated rings. The van der Waals surface area contributed by atoms with Gasteiger partial charge < -0.3 is 9.90 Å². The van der Waals surface area contributed by atoms with E-state index in [2.05, 4.69) is 5.10 Å². The Balaban J connectivity index is 2.10. The van der Waals surface area contributed by atoms with Crippen LogP contribution >= 0.6 is 0 Å². The second-order valence-electron chi connectivity index (χ2n) is 5.23. The number of hydrogen-bond donors (Lipinski definition) is 0. The first-order chi connectivity index (χ1) is 11.1. The number of para-hydroxylation sites is 1. The van der Waals surface area contributed by atoms with Crippen LogP contribution in [0.2, 0.25) is 0 Å². The van der Waals surface area contributed by atoms with E-state index in [1.807, 2.05) is 67.7 Å². The number of nitrogens with zero attached hydrogens (tertiary/aromatic N) is 2. The van der Waals surface area contributed by atoms with Gasteiger partial charge >= 0.3 is 0 Å². The Hall–Kier alpha value is -3.14. The van der Waals surface area contributed by atoms with E-state index in [0.717, 1.165) is 34.1 Å². The normalized spacial score (nSPS) is 11.0. The molecule has 0 N–H and O–H groups in total. The topological polar surface area (TPSA) is 58.0 Å². The van der Waals surface area contributed by atoms with Crippen LogP contribution in [0.1, 0.15) is 11.1 Å². The molecule has 23 heavy (non-hydrogen) atoms. The lowest BCUT2D eigenvalue weighted by Crippen LogP contribution is -2.18. The highest BCUT2D eigenvalue weighted by molar-refractivity contribution is 5.85. The molecule has 1 heterocycles. The standard InChI is InChI=1S/C19H16N2O2/c1-14-7-9-15(10-8-14)19-16(11-12-18(22)23)13-21(20-19)17-5-3-2-4-6-17/h2-13H,1H3,(H,22,23)/p-1/b12-11-. The molecule has 0 radical (unpaired) electrons. The minimum Gasteiger partial charge on any atom is -0.545 e. The summed E-state index contributed by atoms with van der Waals surface area (Å²) in [7, 11) is 0. The van der Waals surface area contributed by atoms with Crippen molar-refractivity contribution in [2.24, 2.45) is 0 Å². The Kier molecular flexibility index (Phi) is 4.06. The molecule has 114 valence electrons. The molecule has 0 aliphatic heterocycles. The zero-order valence-electron chi connectivity index (χ0n) is 12.6. The summed E-state index contributed by atoms with van der Waals surface area (Å²) in [6, 6.07) is 17.6. The molecular weight excluding hydrogens is 288 g/mol. The van der Waals surface area contributed by atoms with Gasteiger partial charge in [-0.1, -0.05) is 48.0 Å². The van der Waals surface area contributed by atoms with E-state index >= 15 is 0 Å². The highest BCUT2D eigenvalue weighted by Gasteiger charge is 2.10. The number of rotatable bonds is 4. The molecular formula is C19H15N2O2-. The number of carboxylic acids is 1. The number of aliphatic carboxylic acids is 1. The van der Waals surface area contributed by atoms with Gasteiger partial charge in [0.05, 0.1) is 17.4 Å². The summed E-state index contributed by atoms with van der Waals surface area (Å²) >= 11 is 0. The lowest BCUT2D eigenvalue weighted by molar-refractivity contribution is -0.297. The van der Waals surface area contributed by atoms with Gasteiger partial charge in [-0.05, 0) is 31.2 Å². The number of carboxylic acid groups (broad SMARTS) is 1. The van der Waals surface area contributed by atoms with Crippen LogP contribution in [-0.2, 0) is 4.79 Å². The summed E-state index contributed by atoms with van der Waals surface area (Å²) < 4.78 is 1.74. The third-order valence-corrected chi connectivity index (χ3v) is 3.49. The molecule has 0 aliphatic rings. The maximum Gasteiger partial charge on any atom is 0.0999 e. The summed E-state index contributed by atoms with van der Waals surface area (Å²) in [5.41, 5.74) is 4.45. The van der Waals surface area contributed by atoms with E-state index in [-0.39, 0.29) is 0 Å². The van der Waals surface area contributed by atoms with Gasteiger partial charge in [0.25, 0.3) is 0 Å². The fourth-order valence-electron chi connectivity index (χ4n) is 2.32. The van der Waals surface area contributed by atoms with E-state index in [9.17, 15) is 9.90 Å². The highest BCUT2D eigenvalue weighted by atomic mass is 16.4. The lowest BCUT2D eigenvalue weighted by Gasteiger charge is -2.01. The number of benzene rings is 2. The Labute approximate surface area is 134 Å². The van der Waals surface area contributed by atoms with Gasteiger partial charge in [0.15, 0.2) is 0 Å². The predicted molar refractivity (Wildman–Crippen MR) is 87.8 cm³/mol. The molecule has 2 aromatic carbocycles. The van der Waals surface area contributed by atoms with Crippen LogP contribution in [0.4, 0.5) is 0 Å². The Morgan fingerprint density at radius 3 is 2.43 bits per heavy atom. The summed E-state index contributed by atoms with van der Waals surface area (Å²) in [5.74, 6) is -1.23. The molecule has 3 rings (SSSR count). The average molecular weight is 303 g/mol. The molecule has 4 heteroatoms. The zero-order chi connectivity index (χ0) is 16.2. The number of aryl methyl sites for hydroxylation is 1. The molecule has 0 unspecified atom stereocenters. The van der Waals surface area contributed by atoms with E-state index in [4.69, 9.17) is 0 Å². The fourth-order valence-corrected chi connectivity index (χ4v) is 2.32. The number of hydrogen-bond acceptors (Lipinski definition) is 3. The molecule has 4 nitrogen and oxygen atoms in total. The SMILES string of the molecule is Cc1ccc(-c2nn(-c3ccccc3)cc2/C=C\C(=O)[O-])cc1. The lowest BCUT2D eigenvalue weighted by atomic mass is 10.1. The van der Waals surface area contributed by atoms with Crippen molar-refractivity contribution in [3.8, 4) is 16.9 Å². The number of aromatic nitrogens is 2. The largest absolute Gasteiger partial charge is 0.545 e. The predicted octanol–water partition coefficient (Wildman–Crippen LogP) is 2.61. The van der Waals surface area contributed by atoms with Gasteiger partial charge in [-0.2, -0.15) is 5.10 Å². The first kappa shape index (κ1) is 14.8. The quantitative estimate of drug-likeness (QED) is 0.696. The van der Waals surface area contributed by atoms with Crippen LogP contribution in [0, 0.1) is 6.92 Å². The molecule has 0 atom stereocenters. The van der Waals surface area contributed by atoms with Crippen molar-refractivity contribution in [3.05, 3.63) is 78.0 Å². The molecule has 0 saturated heterocycles. The monoisotopic (exact) mass is 303 g/mol. The maximum atomic E-state index is 10.7. The second kappa shape index (κ2) is 6.32. The van der Waals surface area contributed by atoms with Gasteiger partial charge in [0, 0.05) is 17.3 Å². The molecule has 0 saturated carbocycles. The molecule has 0 spiro atoms. The third kappa shape index (κ3) is 3.37. The maximum absolute atomic E-state index is 10.7. The van der Waals surface area contributed by atoms with Crippen molar-refractivity contribution in [1.29, 1.82) is 0 Å². The van der Waals surface area contributed by atoms with E-state index < -0.39 is 5.97 Å². The van der Waals surface area contributed by atoms with Crippen LogP contribution in [0.25, 0.3) is 23.0 Å². The van der Waals surface area contributed by atoms with Gasteiger partial charge in [-0.3, -0.25) is 0 Å². The van der Waals surface area contributed by atoms with Crippen molar-refractivity contribution >= 4 is 12.0 Å². The molecule has 0 bridgehead atoms. The van der Waals surface area contributed by atoms with E-state index in [1.165, 1.54) is 6.08 Å². The fraction of sp³-hybridized carbons (Fsp3) is 0.0526. The summed E-state index contributed by atoms with van der Waals surface area (Å²) in [5, 5.41) is 15.3. The zero-order valence-corrected chi connectivity index (χ0v) is 12.6. The molecule has 1 aromatic heterocycles. The van der Waals surface area contributed by atoms with Crippen LogP contribution in [0.15, 0.2) is 66.9 Å². The summed E-state index contributed by atoms with van der Waals surface area (Å²) in [4.78, 5) is 10.7. The highest BCUT2D eigenvalue weighted by Crippen LogP contribution is 2.25. The summed E-state index contributed by atoms with van der Waals surface area (Å²) in [6.07, 6.45) is 4.34. The first-order valence-corrected chi connectivity index (χ1v) is 7.25. The van der Waals surface area contributed by atoms with E-state index in [1.54, 1.807) is 4.68 Å². The second-order valence-corrected chi connectivity index (χ2v) is 5.23. The van der Waals surface area contributed by atoms with E-state index in [0.29, 0.717) is 0 Å². The minimum absolute atomic E-state index is 0.724. The van der Waals surface area contributed by atoms with Crippen LogP contribution in [0.5, 0.6) is 0 Å². The minimum atomic E-state index is -1.23. The molecule has 3 aromatic rings. The molecule has 0 amide bonds. The van der Waals surface area contributed by atoms with Gasteiger partial charge in [0.1, 0.15) is 0 Å². The number of carbonyl (C=O) groups excluding carboxylic acids is 1. The van der Waals surface area contributed by atoms with Crippen LogP contribution in [0.3, 0.4) is 0 Å². The van der Waals surface area contributed by atoms with Gasteiger partial charge in [-0.15, -0.1) is 0 Å². The van der Waals surface area contributed by atoms with Gasteiger partial charge in [0.2, 0.25) is 0 Å². The Morgan fingerprint density at radius 1 is 1.09 bits per heavy atom. The van der Waals surface area contributed by atoms with Crippen molar-refractivity contribution in [2.45, 2.75) is 6.92 Å². The Morgan fingerprint density at radius 2 is 1.78 bits per heavy atom. The van der Waals surface area contributed by atoms with Crippen LogP contribution in [-0.4, -0.2) is 15.7 Å². The summed E-state index contributed by atoms with van der Waals surface area (Å²) in [6.45, 7) is 2.02. The van der Waals surface area contributed by atoms with Crippen molar-refractivity contribution in [1.82, 2.24) is 9.78 Å². The van der Waals surface area contributed by atoms with Crippen molar-refractivity contribution in [2.75, 3.05) is 0 Å². The number of carbonyl (C=O) groups is 1. The third-order valence-electron chi connectivity index (χ3n) is 3.49. The van der Waals surface area contributed by atoms with Crippen molar-refractivity contribution in [3.63, 3.8) is 0 Å². The van der Waals surface area contributed by atoms with Crippen LogP contribution < -0.4 is 5.11 Å². The van der Waals surface area contributed by atoms with Gasteiger partial charge in [-0.25, -0.2) is 4.68 Å². The molecule has 0 aliphatic carbocycles. The first-order valence-electron chi connectivity index (χ1n) is 7.25. The smallest absolute Gasteiger partial charge is 0.0999 e. The average Bonchev–Trinajstić information content (AvgIpc) is 2.99. The Bertz CT molecular complexity index is 847.